The average Bonchev–Trinajstić information content (AvgIpc) is 2.38. The highest BCUT2D eigenvalue weighted by atomic mass is 35.5. The van der Waals surface area contributed by atoms with Gasteiger partial charge in [-0.3, -0.25) is 0 Å². The Morgan fingerprint density at radius 3 is 2.53 bits per heavy atom. The molecule has 1 aromatic rings. The van der Waals surface area contributed by atoms with Crippen LogP contribution in [0.2, 0.25) is 5.02 Å². The molecule has 0 aromatic heterocycles. The molecule has 1 aromatic carbocycles. The Bertz CT molecular complexity index is 404. The summed E-state index contributed by atoms with van der Waals surface area (Å²) in [5.41, 5.74) is 1.18. The van der Waals surface area contributed by atoms with E-state index in [9.17, 15) is 4.39 Å². The van der Waals surface area contributed by atoms with Crippen molar-refractivity contribution in [3.8, 4) is 0 Å². The number of hydrogen-bond donors (Lipinski definition) is 1. The molecule has 1 unspecified atom stereocenters. The van der Waals surface area contributed by atoms with Gasteiger partial charge in [0.25, 0.3) is 0 Å². The first-order valence-electron chi connectivity index (χ1n) is 7.08. The van der Waals surface area contributed by atoms with E-state index in [1.54, 1.807) is 12.1 Å². The predicted molar refractivity (Wildman–Crippen MR) is 81.3 cm³/mol. The van der Waals surface area contributed by atoms with Crippen molar-refractivity contribution < 1.29 is 4.39 Å². The Kier molecular flexibility index (Phi) is 6.28. The van der Waals surface area contributed by atoms with Gasteiger partial charge in [-0.2, -0.15) is 0 Å². The second kappa shape index (κ2) is 7.25. The second-order valence-corrected chi connectivity index (χ2v) is 6.21. The molecular weight excluding hydrogens is 261 g/mol. The molecule has 1 N–H and O–H groups in total. The topological polar surface area (TPSA) is 12.0 Å². The van der Waals surface area contributed by atoms with Gasteiger partial charge in [0, 0.05) is 6.04 Å². The maximum absolute atomic E-state index is 13.5. The summed E-state index contributed by atoms with van der Waals surface area (Å²) in [6.07, 6.45) is 3.02. The molecule has 1 rings (SSSR count). The van der Waals surface area contributed by atoms with Crippen LogP contribution in [0.5, 0.6) is 0 Å². The summed E-state index contributed by atoms with van der Waals surface area (Å²) in [6, 6.07) is 5.45. The van der Waals surface area contributed by atoms with E-state index in [-0.39, 0.29) is 16.3 Å². The molecule has 0 saturated heterocycles. The molecule has 0 bridgehead atoms. The van der Waals surface area contributed by atoms with Gasteiger partial charge in [-0.05, 0) is 48.9 Å². The first-order chi connectivity index (χ1) is 8.90. The van der Waals surface area contributed by atoms with Gasteiger partial charge in [0.05, 0.1) is 5.02 Å². The van der Waals surface area contributed by atoms with Crippen LogP contribution in [-0.2, 0) is 6.42 Å². The summed E-state index contributed by atoms with van der Waals surface area (Å²) in [6.45, 7) is 9.86. The fourth-order valence-corrected chi connectivity index (χ4v) is 2.21. The van der Waals surface area contributed by atoms with Crippen molar-refractivity contribution in [1.29, 1.82) is 0 Å². The van der Waals surface area contributed by atoms with E-state index >= 15 is 0 Å². The molecule has 1 atom stereocenters. The molecular formula is C16H25ClFN. The molecule has 0 heterocycles. The number of rotatable bonds is 7. The lowest BCUT2D eigenvalue weighted by Gasteiger charge is -2.34. The number of benzene rings is 1. The molecule has 0 fully saturated rings. The Balaban J connectivity index is 2.84. The Morgan fingerprint density at radius 2 is 2.00 bits per heavy atom. The fourth-order valence-electron chi connectivity index (χ4n) is 2.09. The number of halogens is 2. The van der Waals surface area contributed by atoms with Crippen molar-refractivity contribution in [2.24, 2.45) is 5.41 Å². The summed E-state index contributed by atoms with van der Waals surface area (Å²) in [5, 5.41) is 3.78. The van der Waals surface area contributed by atoms with E-state index < -0.39 is 0 Å². The van der Waals surface area contributed by atoms with Crippen molar-refractivity contribution >= 4 is 11.6 Å². The zero-order valence-electron chi connectivity index (χ0n) is 12.4. The minimum Gasteiger partial charge on any atom is -0.313 e. The summed E-state index contributed by atoms with van der Waals surface area (Å²) < 4.78 is 13.5. The van der Waals surface area contributed by atoms with Gasteiger partial charge in [-0.25, -0.2) is 4.39 Å². The molecule has 0 aliphatic rings. The molecule has 108 valence electrons. The molecule has 0 saturated carbocycles. The average molecular weight is 286 g/mol. The van der Waals surface area contributed by atoms with Crippen LogP contribution in [0.15, 0.2) is 18.2 Å². The second-order valence-electron chi connectivity index (χ2n) is 5.80. The van der Waals surface area contributed by atoms with E-state index in [2.05, 4.69) is 33.0 Å². The third-order valence-electron chi connectivity index (χ3n) is 3.92. The number of hydrogen-bond acceptors (Lipinski definition) is 1. The van der Waals surface area contributed by atoms with E-state index in [1.807, 2.05) is 6.07 Å². The van der Waals surface area contributed by atoms with Crippen LogP contribution in [0.3, 0.4) is 0 Å². The fraction of sp³-hybridized carbons (Fsp3) is 0.625. The molecule has 19 heavy (non-hydrogen) atoms. The van der Waals surface area contributed by atoms with Crippen molar-refractivity contribution in [2.75, 3.05) is 6.54 Å². The van der Waals surface area contributed by atoms with Gasteiger partial charge in [-0.15, -0.1) is 0 Å². The van der Waals surface area contributed by atoms with Crippen LogP contribution in [0, 0.1) is 11.2 Å². The van der Waals surface area contributed by atoms with Crippen LogP contribution < -0.4 is 5.32 Å². The van der Waals surface area contributed by atoms with Crippen LogP contribution in [-0.4, -0.2) is 12.6 Å². The molecule has 0 radical (unpaired) electrons. The maximum Gasteiger partial charge on any atom is 0.142 e. The summed E-state index contributed by atoms with van der Waals surface area (Å²) in [4.78, 5) is 0. The molecule has 0 amide bonds. The van der Waals surface area contributed by atoms with Gasteiger partial charge >= 0.3 is 0 Å². The van der Waals surface area contributed by atoms with Gasteiger partial charge < -0.3 is 5.32 Å². The zero-order chi connectivity index (χ0) is 14.5. The predicted octanol–water partition coefficient (Wildman–Crippen LogP) is 4.83. The molecule has 0 aliphatic carbocycles. The van der Waals surface area contributed by atoms with E-state index in [1.165, 1.54) is 0 Å². The van der Waals surface area contributed by atoms with Gasteiger partial charge in [0.15, 0.2) is 0 Å². The standard InChI is InChI=1S/C16H25ClFN/c1-5-9-19-15(16(3,4)6-2)11-12-7-8-13(17)14(18)10-12/h7-8,10,15,19H,5-6,9,11H2,1-4H3. The Hall–Kier alpha value is -0.600. The van der Waals surface area contributed by atoms with E-state index in [0.717, 1.165) is 31.4 Å². The lowest BCUT2D eigenvalue weighted by Crippen LogP contribution is -2.43. The Morgan fingerprint density at radius 1 is 1.32 bits per heavy atom. The number of nitrogens with one attached hydrogen (secondary N) is 1. The normalized spacial score (nSPS) is 13.6. The summed E-state index contributed by atoms with van der Waals surface area (Å²) in [7, 11) is 0. The first kappa shape index (κ1) is 16.5. The lowest BCUT2D eigenvalue weighted by molar-refractivity contribution is 0.230. The highest BCUT2D eigenvalue weighted by molar-refractivity contribution is 6.30. The molecule has 0 spiro atoms. The van der Waals surface area contributed by atoms with E-state index in [4.69, 9.17) is 11.6 Å². The summed E-state index contributed by atoms with van der Waals surface area (Å²) in [5.74, 6) is -0.331. The van der Waals surface area contributed by atoms with Gasteiger partial charge in [0.2, 0.25) is 0 Å². The van der Waals surface area contributed by atoms with Crippen LogP contribution in [0.4, 0.5) is 4.39 Å². The minimum atomic E-state index is -0.331. The lowest BCUT2D eigenvalue weighted by atomic mass is 9.79. The smallest absolute Gasteiger partial charge is 0.142 e. The molecule has 1 nitrogen and oxygen atoms in total. The first-order valence-corrected chi connectivity index (χ1v) is 7.45. The van der Waals surface area contributed by atoms with Gasteiger partial charge in [-0.1, -0.05) is 45.4 Å². The van der Waals surface area contributed by atoms with Crippen molar-refractivity contribution in [3.63, 3.8) is 0 Å². The zero-order valence-corrected chi connectivity index (χ0v) is 13.1. The highest BCUT2D eigenvalue weighted by Gasteiger charge is 2.27. The van der Waals surface area contributed by atoms with Crippen molar-refractivity contribution in [3.05, 3.63) is 34.6 Å². The van der Waals surface area contributed by atoms with Crippen LogP contribution >= 0.6 is 11.6 Å². The van der Waals surface area contributed by atoms with Crippen molar-refractivity contribution in [1.82, 2.24) is 5.32 Å². The minimum absolute atomic E-state index is 0.186. The quantitative estimate of drug-likeness (QED) is 0.757. The third kappa shape index (κ3) is 4.77. The van der Waals surface area contributed by atoms with Crippen LogP contribution in [0.25, 0.3) is 0 Å². The van der Waals surface area contributed by atoms with Gasteiger partial charge in [0.1, 0.15) is 5.82 Å². The largest absolute Gasteiger partial charge is 0.313 e. The molecule has 0 aliphatic heterocycles. The maximum atomic E-state index is 13.5. The monoisotopic (exact) mass is 285 g/mol. The van der Waals surface area contributed by atoms with Crippen LogP contribution in [0.1, 0.15) is 46.1 Å². The summed E-state index contributed by atoms with van der Waals surface area (Å²) >= 11 is 5.73. The van der Waals surface area contributed by atoms with E-state index in [0.29, 0.717) is 6.04 Å². The third-order valence-corrected chi connectivity index (χ3v) is 4.23. The van der Waals surface area contributed by atoms with Crippen molar-refractivity contribution in [2.45, 2.75) is 53.0 Å². The highest BCUT2D eigenvalue weighted by Crippen LogP contribution is 2.28. The SMILES string of the molecule is CCCNC(Cc1ccc(Cl)c(F)c1)C(C)(C)CC. The Labute approximate surface area is 121 Å². The molecule has 3 heteroatoms.